The number of carbonyl (C=O) groups excluding carboxylic acids is 1. The number of benzene rings is 1. The molecule has 0 radical (unpaired) electrons. The number of ether oxygens (including phenoxy) is 1. The molecule has 148 valence electrons. The summed E-state index contributed by atoms with van der Waals surface area (Å²) in [5.41, 5.74) is 2.18. The Kier molecular flexibility index (Phi) is 6.46. The summed E-state index contributed by atoms with van der Waals surface area (Å²) in [6.45, 7) is 8.69. The molecule has 0 N–H and O–H groups in total. The summed E-state index contributed by atoms with van der Waals surface area (Å²) in [5, 5.41) is 5.97. The molecule has 0 saturated carbocycles. The van der Waals surface area contributed by atoms with Crippen LogP contribution < -0.4 is 4.74 Å². The van der Waals surface area contributed by atoms with Gasteiger partial charge in [-0.3, -0.25) is 4.79 Å². The maximum absolute atomic E-state index is 13.0. The van der Waals surface area contributed by atoms with Crippen molar-refractivity contribution in [3.8, 4) is 16.5 Å². The van der Waals surface area contributed by atoms with Gasteiger partial charge in [0, 0.05) is 6.54 Å². The molecular formula is C21H25N3O3S. The van der Waals surface area contributed by atoms with Crippen LogP contribution >= 0.6 is 11.3 Å². The van der Waals surface area contributed by atoms with Gasteiger partial charge in [-0.2, -0.15) is 4.98 Å². The SMILES string of the molecule is CC[C@H](Oc1ccc(C)cc1C)C(=O)N(CC)Cc1nc(-c2cccs2)no1. The number of aryl methyl sites for hydroxylation is 2. The van der Waals surface area contributed by atoms with Crippen molar-refractivity contribution < 1.29 is 14.1 Å². The average molecular weight is 400 g/mol. The smallest absolute Gasteiger partial charge is 0.264 e. The van der Waals surface area contributed by atoms with Crippen molar-refractivity contribution in [3.63, 3.8) is 0 Å². The van der Waals surface area contributed by atoms with Crippen LogP contribution in [0, 0.1) is 13.8 Å². The second-order valence-electron chi connectivity index (χ2n) is 6.63. The monoisotopic (exact) mass is 399 g/mol. The normalized spacial score (nSPS) is 12.0. The first-order valence-electron chi connectivity index (χ1n) is 9.41. The lowest BCUT2D eigenvalue weighted by atomic mass is 10.1. The summed E-state index contributed by atoms with van der Waals surface area (Å²) in [4.78, 5) is 20.1. The predicted molar refractivity (Wildman–Crippen MR) is 109 cm³/mol. The number of carbonyl (C=O) groups is 1. The molecule has 3 rings (SSSR count). The molecule has 3 aromatic rings. The molecule has 0 aliphatic carbocycles. The summed E-state index contributed by atoms with van der Waals surface area (Å²) in [6.07, 6.45) is 0.0217. The van der Waals surface area contributed by atoms with E-state index in [4.69, 9.17) is 9.26 Å². The minimum absolute atomic E-state index is 0.0825. The first-order valence-corrected chi connectivity index (χ1v) is 10.3. The van der Waals surface area contributed by atoms with Crippen molar-refractivity contribution in [2.75, 3.05) is 6.54 Å². The summed E-state index contributed by atoms with van der Waals surface area (Å²) >= 11 is 1.55. The Hall–Kier alpha value is -2.67. The lowest BCUT2D eigenvalue weighted by Crippen LogP contribution is -2.41. The van der Waals surface area contributed by atoms with E-state index in [1.54, 1.807) is 16.2 Å². The van der Waals surface area contributed by atoms with Crippen LogP contribution in [0.25, 0.3) is 10.7 Å². The molecule has 0 saturated heterocycles. The number of hydrogen-bond donors (Lipinski definition) is 0. The molecule has 1 atom stereocenters. The first kappa shape index (κ1) is 20.1. The van der Waals surface area contributed by atoms with Gasteiger partial charge in [0.05, 0.1) is 4.88 Å². The third-order valence-corrected chi connectivity index (χ3v) is 5.34. The Bertz CT molecular complexity index is 921. The van der Waals surface area contributed by atoms with Crippen LogP contribution in [0.3, 0.4) is 0 Å². The zero-order valence-corrected chi connectivity index (χ0v) is 17.5. The third kappa shape index (κ3) is 4.59. The Labute approximate surface area is 169 Å². The van der Waals surface area contributed by atoms with Gasteiger partial charge in [-0.15, -0.1) is 11.3 Å². The quantitative estimate of drug-likeness (QED) is 0.553. The predicted octanol–water partition coefficient (Wildman–Crippen LogP) is 4.62. The van der Waals surface area contributed by atoms with Crippen molar-refractivity contribution in [3.05, 3.63) is 52.7 Å². The minimum Gasteiger partial charge on any atom is -0.480 e. The number of thiophene rings is 1. The highest BCUT2D eigenvalue weighted by molar-refractivity contribution is 7.13. The molecule has 6 nitrogen and oxygen atoms in total. The second kappa shape index (κ2) is 9.01. The standard InChI is InChI=1S/C21H25N3O3S/c1-5-16(26-17-10-9-14(3)12-15(17)4)21(25)24(6-2)13-19-22-20(23-27-19)18-8-7-11-28-18/h7-12,16H,5-6,13H2,1-4H3/t16-/m0/s1. The number of likely N-dealkylation sites (N-methyl/N-ethyl adjacent to an activating group) is 1. The number of aromatic nitrogens is 2. The molecule has 0 bridgehead atoms. The molecule has 1 amide bonds. The highest BCUT2D eigenvalue weighted by Gasteiger charge is 2.26. The molecule has 0 unspecified atom stereocenters. The van der Waals surface area contributed by atoms with Crippen LogP contribution in [0.15, 0.2) is 40.2 Å². The fraction of sp³-hybridized carbons (Fsp3) is 0.381. The lowest BCUT2D eigenvalue weighted by molar-refractivity contribution is -0.139. The van der Waals surface area contributed by atoms with E-state index in [9.17, 15) is 4.79 Å². The molecule has 0 spiro atoms. The lowest BCUT2D eigenvalue weighted by Gasteiger charge is -2.25. The molecule has 0 fully saturated rings. The van der Waals surface area contributed by atoms with Crippen LogP contribution in [0.5, 0.6) is 5.75 Å². The molecule has 2 aromatic heterocycles. The zero-order valence-electron chi connectivity index (χ0n) is 16.6. The van der Waals surface area contributed by atoms with E-state index in [1.165, 1.54) is 0 Å². The highest BCUT2D eigenvalue weighted by atomic mass is 32.1. The Balaban J connectivity index is 1.70. The van der Waals surface area contributed by atoms with Crippen LogP contribution in [0.1, 0.15) is 37.3 Å². The summed E-state index contributed by atoms with van der Waals surface area (Å²) in [7, 11) is 0. The van der Waals surface area contributed by atoms with Gasteiger partial charge in [-0.25, -0.2) is 0 Å². The van der Waals surface area contributed by atoms with Crippen molar-refractivity contribution in [1.82, 2.24) is 15.0 Å². The molecular weight excluding hydrogens is 374 g/mol. The Morgan fingerprint density at radius 3 is 2.75 bits per heavy atom. The van der Waals surface area contributed by atoms with Gasteiger partial charge in [-0.1, -0.05) is 35.8 Å². The average Bonchev–Trinajstić information content (AvgIpc) is 3.36. The summed E-state index contributed by atoms with van der Waals surface area (Å²) in [6, 6.07) is 9.83. The molecule has 1 aromatic carbocycles. The van der Waals surface area contributed by atoms with Crippen molar-refractivity contribution >= 4 is 17.2 Å². The Morgan fingerprint density at radius 1 is 1.29 bits per heavy atom. The molecule has 2 heterocycles. The van der Waals surface area contributed by atoms with Crippen LogP contribution in [-0.2, 0) is 11.3 Å². The number of nitrogens with zero attached hydrogens (tertiary/aromatic N) is 3. The van der Waals surface area contributed by atoms with Crippen molar-refractivity contribution in [1.29, 1.82) is 0 Å². The molecule has 0 aliphatic heterocycles. The van der Waals surface area contributed by atoms with Gasteiger partial charge in [-0.05, 0) is 50.3 Å². The zero-order chi connectivity index (χ0) is 20.1. The first-order chi connectivity index (χ1) is 13.5. The summed E-state index contributed by atoms with van der Waals surface area (Å²) < 4.78 is 11.4. The second-order valence-corrected chi connectivity index (χ2v) is 7.57. The number of rotatable bonds is 8. The van der Waals surface area contributed by atoms with Gasteiger partial charge in [0.15, 0.2) is 6.10 Å². The van der Waals surface area contributed by atoms with Crippen LogP contribution in [-0.4, -0.2) is 33.6 Å². The summed E-state index contributed by atoms with van der Waals surface area (Å²) in [5.74, 6) is 1.62. The van der Waals surface area contributed by atoms with E-state index in [2.05, 4.69) is 16.2 Å². The fourth-order valence-corrected chi connectivity index (χ4v) is 3.58. The third-order valence-electron chi connectivity index (χ3n) is 4.48. The van der Waals surface area contributed by atoms with Crippen molar-refractivity contribution in [2.24, 2.45) is 0 Å². The number of hydrogen-bond acceptors (Lipinski definition) is 6. The van der Waals surface area contributed by atoms with Crippen molar-refractivity contribution in [2.45, 2.75) is 46.8 Å². The maximum Gasteiger partial charge on any atom is 0.264 e. The fourth-order valence-electron chi connectivity index (χ4n) is 2.93. The topological polar surface area (TPSA) is 68.5 Å². The molecule has 0 aliphatic rings. The van der Waals surface area contributed by atoms with Crippen LogP contribution in [0.2, 0.25) is 0 Å². The van der Waals surface area contributed by atoms with Gasteiger partial charge in [0.25, 0.3) is 5.91 Å². The Morgan fingerprint density at radius 2 is 2.11 bits per heavy atom. The van der Waals surface area contributed by atoms with Gasteiger partial charge >= 0.3 is 0 Å². The highest BCUT2D eigenvalue weighted by Crippen LogP contribution is 2.23. The van der Waals surface area contributed by atoms with E-state index in [-0.39, 0.29) is 12.5 Å². The maximum atomic E-state index is 13.0. The minimum atomic E-state index is -0.555. The van der Waals surface area contributed by atoms with E-state index < -0.39 is 6.10 Å². The largest absolute Gasteiger partial charge is 0.480 e. The van der Waals surface area contributed by atoms with Gasteiger partial charge < -0.3 is 14.2 Å². The van der Waals surface area contributed by atoms with Crippen LogP contribution in [0.4, 0.5) is 0 Å². The van der Waals surface area contributed by atoms with E-state index in [0.717, 1.165) is 21.8 Å². The van der Waals surface area contributed by atoms with Gasteiger partial charge in [0.1, 0.15) is 12.3 Å². The van der Waals surface area contributed by atoms with E-state index in [1.807, 2.05) is 57.3 Å². The van der Waals surface area contributed by atoms with E-state index in [0.29, 0.717) is 24.7 Å². The van der Waals surface area contributed by atoms with Gasteiger partial charge in [0.2, 0.25) is 11.7 Å². The molecule has 28 heavy (non-hydrogen) atoms. The number of amides is 1. The van der Waals surface area contributed by atoms with E-state index >= 15 is 0 Å². The molecule has 7 heteroatoms.